The van der Waals surface area contributed by atoms with Gasteiger partial charge in [0.2, 0.25) is 5.91 Å². The molecule has 3 aromatic heterocycles. The first-order valence-electron chi connectivity index (χ1n) is 11.0. The molecule has 2 atom stereocenters. The van der Waals surface area contributed by atoms with Crippen molar-refractivity contribution in [2.45, 2.75) is 38.8 Å². The van der Waals surface area contributed by atoms with Crippen LogP contribution < -0.4 is 5.56 Å². The number of likely N-dealkylation sites (tertiary alicyclic amines) is 1. The molecule has 2 bridgehead atoms. The first-order chi connectivity index (χ1) is 14.9. The van der Waals surface area contributed by atoms with Crippen LogP contribution in [0.2, 0.25) is 0 Å². The molecule has 7 nitrogen and oxygen atoms in total. The van der Waals surface area contributed by atoms with E-state index in [0.717, 1.165) is 41.1 Å². The highest BCUT2D eigenvalue weighted by Gasteiger charge is 2.36. The van der Waals surface area contributed by atoms with E-state index in [1.54, 1.807) is 0 Å². The minimum absolute atomic E-state index is 0.127. The average molecular weight is 420 g/mol. The fraction of sp³-hybridized carbons (Fsp3) is 0.458. The van der Waals surface area contributed by atoms with Gasteiger partial charge in [-0.05, 0) is 51.1 Å². The summed E-state index contributed by atoms with van der Waals surface area (Å²) in [5, 5.41) is 0. The van der Waals surface area contributed by atoms with E-state index in [1.165, 1.54) is 0 Å². The molecule has 1 fully saturated rings. The lowest BCUT2D eigenvalue weighted by Crippen LogP contribution is -2.50. The number of carbonyl (C=O) groups is 1. The van der Waals surface area contributed by atoms with Crippen LogP contribution in [0.3, 0.4) is 0 Å². The second-order valence-corrected chi connectivity index (χ2v) is 9.35. The zero-order valence-electron chi connectivity index (χ0n) is 18.4. The van der Waals surface area contributed by atoms with E-state index >= 15 is 0 Å². The van der Waals surface area contributed by atoms with E-state index in [1.807, 2.05) is 70.4 Å². The molecule has 1 saturated heterocycles. The molecule has 5 heterocycles. The Hall–Kier alpha value is -2.93. The Morgan fingerprint density at radius 1 is 1.19 bits per heavy atom. The van der Waals surface area contributed by atoms with Crippen LogP contribution in [0.15, 0.2) is 41.5 Å². The highest BCUT2D eigenvalue weighted by molar-refractivity contribution is 5.79. The number of aromatic nitrogens is 3. The highest BCUT2D eigenvalue weighted by Crippen LogP contribution is 2.35. The monoisotopic (exact) mass is 419 g/mol. The van der Waals surface area contributed by atoms with Crippen molar-refractivity contribution in [3.05, 3.63) is 69.5 Å². The molecular formula is C24H29N5O2. The van der Waals surface area contributed by atoms with Crippen LogP contribution in [0.25, 0.3) is 5.65 Å². The third-order valence-electron chi connectivity index (χ3n) is 6.66. The Kier molecular flexibility index (Phi) is 4.93. The van der Waals surface area contributed by atoms with Crippen molar-refractivity contribution in [1.82, 2.24) is 23.8 Å². The van der Waals surface area contributed by atoms with Gasteiger partial charge in [0.05, 0.1) is 12.1 Å². The lowest BCUT2D eigenvalue weighted by molar-refractivity contribution is -0.133. The molecule has 0 spiro atoms. The molecule has 2 aliphatic rings. The Balaban J connectivity index is 1.36. The molecule has 2 aliphatic heterocycles. The average Bonchev–Trinajstić information content (AvgIpc) is 3.14. The quantitative estimate of drug-likeness (QED) is 0.649. The van der Waals surface area contributed by atoms with Gasteiger partial charge in [-0.15, -0.1) is 0 Å². The Labute approximate surface area is 181 Å². The van der Waals surface area contributed by atoms with Crippen LogP contribution in [-0.2, 0) is 24.3 Å². The molecule has 7 heteroatoms. The predicted octanol–water partition coefficient (Wildman–Crippen LogP) is 2.05. The van der Waals surface area contributed by atoms with Gasteiger partial charge in [0.25, 0.3) is 5.56 Å². The van der Waals surface area contributed by atoms with Crippen molar-refractivity contribution in [1.29, 1.82) is 0 Å². The topological polar surface area (TPSA) is 62.9 Å². The van der Waals surface area contributed by atoms with Crippen molar-refractivity contribution < 1.29 is 4.79 Å². The normalized spacial score (nSPS) is 20.3. The van der Waals surface area contributed by atoms with E-state index in [4.69, 9.17) is 0 Å². The Morgan fingerprint density at radius 2 is 2.03 bits per heavy atom. The van der Waals surface area contributed by atoms with Crippen molar-refractivity contribution in [2.24, 2.45) is 5.92 Å². The number of nitrogens with zero attached hydrogens (tertiary/aromatic N) is 5. The van der Waals surface area contributed by atoms with Gasteiger partial charge in [-0.25, -0.2) is 4.98 Å². The summed E-state index contributed by atoms with van der Waals surface area (Å²) in [6.07, 6.45) is 5.17. The number of piperidine rings is 1. The number of pyridine rings is 2. The predicted molar refractivity (Wildman–Crippen MR) is 119 cm³/mol. The minimum Gasteiger partial charge on any atom is -0.341 e. The number of amides is 1. The number of fused-ring (bicyclic) bond motifs is 5. The van der Waals surface area contributed by atoms with Gasteiger partial charge in [0.1, 0.15) is 5.65 Å². The SMILES string of the molecule is Cc1cccn2c(CC(=O)N3C[C@@H]4C[C@H](C3)c3ccc(CN(C)C)c(=O)n3C4)cnc12. The molecule has 0 aromatic carbocycles. The highest BCUT2D eigenvalue weighted by atomic mass is 16.2. The summed E-state index contributed by atoms with van der Waals surface area (Å²) in [5.41, 5.74) is 4.97. The number of rotatable bonds is 4. The number of carbonyl (C=O) groups excluding carboxylic acids is 1. The van der Waals surface area contributed by atoms with Crippen LogP contribution in [0.4, 0.5) is 0 Å². The van der Waals surface area contributed by atoms with E-state index in [-0.39, 0.29) is 17.4 Å². The Morgan fingerprint density at radius 3 is 2.84 bits per heavy atom. The molecule has 0 saturated carbocycles. The first kappa shape index (κ1) is 20.0. The maximum absolute atomic E-state index is 13.2. The molecular weight excluding hydrogens is 390 g/mol. The van der Waals surface area contributed by atoms with Gasteiger partial charge in [-0.2, -0.15) is 0 Å². The van der Waals surface area contributed by atoms with Crippen molar-refractivity contribution >= 4 is 11.6 Å². The van der Waals surface area contributed by atoms with Gasteiger partial charge in [0.15, 0.2) is 0 Å². The first-order valence-corrected chi connectivity index (χ1v) is 11.0. The van der Waals surface area contributed by atoms with E-state index < -0.39 is 0 Å². The maximum atomic E-state index is 13.2. The van der Waals surface area contributed by atoms with E-state index in [2.05, 4.69) is 11.1 Å². The van der Waals surface area contributed by atoms with Gasteiger partial charge >= 0.3 is 0 Å². The summed E-state index contributed by atoms with van der Waals surface area (Å²) in [7, 11) is 3.96. The molecule has 0 aliphatic carbocycles. The molecule has 0 unspecified atom stereocenters. The molecule has 5 rings (SSSR count). The molecule has 31 heavy (non-hydrogen) atoms. The molecule has 1 amide bonds. The number of hydrogen-bond donors (Lipinski definition) is 0. The number of hydrogen-bond acceptors (Lipinski definition) is 4. The van der Waals surface area contributed by atoms with Crippen LogP contribution in [0.5, 0.6) is 0 Å². The lowest BCUT2D eigenvalue weighted by atomic mass is 9.82. The van der Waals surface area contributed by atoms with Crippen LogP contribution >= 0.6 is 0 Å². The number of aryl methyl sites for hydroxylation is 1. The summed E-state index contributed by atoms with van der Waals surface area (Å²) < 4.78 is 3.98. The van der Waals surface area contributed by atoms with Crippen LogP contribution in [0.1, 0.15) is 34.9 Å². The van der Waals surface area contributed by atoms with Crippen molar-refractivity contribution in [2.75, 3.05) is 27.2 Å². The third kappa shape index (κ3) is 3.57. The van der Waals surface area contributed by atoms with Crippen molar-refractivity contribution in [3.63, 3.8) is 0 Å². The number of imidazole rings is 1. The summed E-state index contributed by atoms with van der Waals surface area (Å²) >= 11 is 0. The summed E-state index contributed by atoms with van der Waals surface area (Å²) in [5.74, 6) is 0.687. The lowest BCUT2D eigenvalue weighted by Gasteiger charge is -2.43. The van der Waals surface area contributed by atoms with Gasteiger partial charge in [0, 0.05) is 55.7 Å². The van der Waals surface area contributed by atoms with E-state index in [0.29, 0.717) is 32.0 Å². The van der Waals surface area contributed by atoms with Gasteiger partial charge in [-0.3, -0.25) is 9.59 Å². The molecule has 162 valence electrons. The minimum atomic E-state index is 0.127. The fourth-order valence-electron chi connectivity index (χ4n) is 5.26. The zero-order chi connectivity index (χ0) is 21.7. The second kappa shape index (κ2) is 7.64. The largest absolute Gasteiger partial charge is 0.341 e. The summed E-state index contributed by atoms with van der Waals surface area (Å²) in [6, 6.07) is 8.09. The zero-order valence-corrected chi connectivity index (χ0v) is 18.4. The second-order valence-electron chi connectivity index (χ2n) is 9.35. The smallest absolute Gasteiger partial charge is 0.255 e. The fourth-order valence-corrected chi connectivity index (χ4v) is 5.26. The summed E-state index contributed by atoms with van der Waals surface area (Å²) in [4.78, 5) is 34.7. The molecule has 3 aromatic rings. The maximum Gasteiger partial charge on any atom is 0.255 e. The van der Waals surface area contributed by atoms with Gasteiger partial charge in [-0.1, -0.05) is 12.1 Å². The standard InChI is InChI=1S/C24H29N5O2/c1-16-5-4-8-28-20(11-25-23(16)28)10-22(30)27-12-17-9-19(15-27)21-7-6-18(14-26(2)3)24(31)29(21)13-17/h4-8,11,17,19H,9-10,12-15H2,1-3H3/t17-,19+/m0/s1. The molecule has 0 radical (unpaired) electrons. The third-order valence-corrected chi connectivity index (χ3v) is 6.66. The van der Waals surface area contributed by atoms with Crippen molar-refractivity contribution in [3.8, 4) is 0 Å². The summed E-state index contributed by atoms with van der Waals surface area (Å²) in [6.45, 7) is 4.78. The van der Waals surface area contributed by atoms with Crippen LogP contribution in [-0.4, -0.2) is 56.8 Å². The Bertz CT molecular complexity index is 1210. The van der Waals surface area contributed by atoms with Gasteiger partial charge < -0.3 is 18.8 Å². The van der Waals surface area contributed by atoms with E-state index in [9.17, 15) is 9.59 Å². The molecule has 0 N–H and O–H groups in total. The van der Waals surface area contributed by atoms with Crippen LogP contribution in [0, 0.1) is 12.8 Å².